The van der Waals surface area contributed by atoms with Gasteiger partial charge in [0.05, 0.1) is 0 Å². The normalized spacial score (nSPS) is 10.7. The molecular formula is C13H18N4. The van der Waals surface area contributed by atoms with Crippen molar-refractivity contribution in [2.24, 2.45) is 0 Å². The molecule has 0 aromatic carbocycles. The minimum absolute atomic E-state index is 0.839. The SMILES string of the molecule is CCn1ccnc1Cc1cncc(CNC)c1. The zero-order chi connectivity index (χ0) is 12.1. The zero-order valence-electron chi connectivity index (χ0n) is 10.3. The van der Waals surface area contributed by atoms with Crippen LogP contribution >= 0.6 is 0 Å². The molecule has 90 valence electrons. The van der Waals surface area contributed by atoms with Gasteiger partial charge in [-0.3, -0.25) is 4.98 Å². The van der Waals surface area contributed by atoms with Crippen molar-refractivity contribution < 1.29 is 0 Å². The quantitative estimate of drug-likeness (QED) is 0.848. The third kappa shape index (κ3) is 2.91. The predicted molar refractivity (Wildman–Crippen MR) is 67.7 cm³/mol. The molecule has 17 heavy (non-hydrogen) atoms. The largest absolute Gasteiger partial charge is 0.335 e. The van der Waals surface area contributed by atoms with E-state index in [2.05, 4.69) is 32.8 Å². The molecule has 4 nitrogen and oxygen atoms in total. The first-order chi connectivity index (χ1) is 8.33. The Bertz CT molecular complexity index is 476. The highest BCUT2D eigenvalue weighted by Crippen LogP contribution is 2.09. The van der Waals surface area contributed by atoms with E-state index in [1.54, 1.807) is 0 Å². The highest BCUT2D eigenvalue weighted by atomic mass is 15.0. The smallest absolute Gasteiger partial charge is 0.113 e. The molecule has 0 saturated heterocycles. The van der Waals surface area contributed by atoms with Gasteiger partial charge in [0.2, 0.25) is 0 Å². The van der Waals surface area contributed by atoms with Gasteiger partial charge in [0.15, 0.2) is 0 Å². The van der Waals surface area contributed by atoms with Crippen molar-refractivity contribution in [1.29, 1.82) is 0 Å². The molecule has 0 bridgehead atoms. The van der Waals surface area contributed by atoms with E-state index in [1.807, 2.05) is 31.8 Å². The molecular weight excluding hydrogens is 212 g/mol. The molecule has 0 amide bonds. The molecule has 2 aromatic heterocycles. The van der Waals surface area contributed by atoms with Crippen molar-refractivity contribution in [2.75, 3.05) is 7.05 Å². The fourth-order valence-electron chi connectivity index (χ4n) is 1.92. The Morgan fingerprint density at radius 1 is 1.29 bits per heavy atom. The van der Waals surface area contributed by atoms with Crippen LogP contribution in [0, 0.1) is 0 Å². The van der Waals surface area contributed by atoms with Gasteiger partial charge in [0, 0.05) is 44.3 Å². The summed E-state index contributed by atoms with van der Waals surface area (Å²) in [6, 6.07) is 2.18. The molecule has 0 atom stereocenters. The third-order valence-corrected chi connectivity index (χ3v) is 2.74. The number of hydrogen-bond acceptors (Lipinski definition) is 3. The van der Waals surface area contributed by atoms with Gasteiger partial charge in [-0.2, -0.15) is 0 Å². The molecule has 2 heterocycles. The number of pyridine rings is 1. The molecule has 0 aliphatic heterocycles. The topological polar surface area (TPSA) is 42.7 Å². The molecule has 0 saturated carbocycles. The summed E-state index contributed by atoms with van der Waals surface area (Å²) in [7, 11) is 1.94. The van der Waals surface area contributed by atoms with Crippen molar-refractivity contribution in [1.82, 2.24) is 19.9 Å². The number of imidazole rings is 1. The summed E-state index contributed by atoms with van der Waals surface area (Å²) in [6.45, 7) is 3.93. The molecule has 0 unspecified atom stereocenters. The van der Waals surface area contributed by atoms with Crippen LogP contribution in [-0.4, -0.2) is 21.6 Å². The van der Waals surface area contributed by atoms with E-state index in [0.717, 1.165) is 25.3 Å². The van der Waals surface area contributed by atoms with Crippen LogP contribution in [0.25, 0.3) is 0 Å². The first kappa shape index (κ1) is 11.8. The Morgan fingerprint density at radius 2 is 2.12 bits per heavy atom. The number of nitrogens with one attached hydrogen (secondary N) is 1. The van der Waals surface area contributed by atoms with Gasteiger partial charge in [-0.05, 0) is 25.1 Å². The summed E-state index contributed by atoms with van der Waals surface area (Å²) in [5, 5.41) is 3.13. The van der Waals surface area contributed by atoms with Gasteiger partial charge in [-0.15, -0.1) is 0 Å². The number of aryl methyl sites for hydroxylation is 1. The zero-order valence-corrected chi connectivity index (χ0v) is 10.3. The monoisotopic (exact) mass is 230 g/mol. The molecule has 0 aliphatic rings. The minimum atomic E-state index is 0.839. The highest BCUT2D eigenvalue weighted by molar-refractivity contribution is 5.21. The van der Waals surface area contributed by atoms with Gasteiger partial charge in [0.1, 0.15) is 5.82 Å². The summed E-state index contributed by atoms with van der Waals surface area (Å²) in [5.74, 6) is 1.09. The summed E-state index contributed by atoms with van der Waals surface area (Å²) in [5.41, 5.74) is 2.42. The van der Waals surface area contributed by atoms with Crippen molar-refractivity contribution in [2.45, 2.75) is 26.4 Å². The fourth-order valence-corrected chi connectivity index (χ4v) is 1.92. The second-order valence-electron chi connectivity index (χ2n) is 4.04. The Kier molecular flexibility index (Phi) is 3.88. The van der Waals surface area contributed by atoms with E-state index < -0.39 is 0 Å². The maximum atomic E-state index is 4.38. The lowest BCUT2D eigenvalue weighted by atomic mass is 10.1. The highest BCUT2D eigenvalue weighted by Gasteiger charge is 2.03. The Labute approximate surface area is 102 Å². The van der Waals surface area contributed by atoms with Crippen LogP contribution in [0.2, 0.25) is 0 Å². The maximum Gasteiger partial charge on any atom is 0.113 e. The van der Waals surface area contributed by atoms with Crippen LogP contribution in [0.15, 0.2) is 30.9 Å². The molecule has 0 radical (unpaired) electrons. The van der Waals surface area contributed by atoms with Gasteiger partial charge >= 0.3 is 0 Å². The second kappa shape index (κ2) is 5.59. The lowest BCUT2D eigenvalue weighted by Gasteiger charge is -2.06. The summed E-state index contributed by atoms with van der Waals surface area (Å²) in [6.07, 6.45) is 8.51. The fraction of sp³-hybridized carbons (Fsp3) is 0.385. The van der Waals surface area contributed by atoms with E-state index in [1.165, 1.54) is 11.1 Å². The van der Waals surface area contributed by atoms with Crippen LogP contribution in [0.4, 0.5) is 0 Å². The Balaban J connectivity index is 2.15. The van der Waals surface area contributed by atoms with E-state index in [4.69, 9.17) is 0 Å². The van der Waals surface area contributed by atoms with Crippen molar-refractivity contribution >= 4 is 0 Å². The van der Waals surface area contributed by atoms with Crippen LogP contribution in [0.3, 0.4) is 0 Å². The molecule has 2 rings (SSSR count). The summed E-state index contributed by atoms with van der Waals surface area (Å²) >= 11 is 0. The number of rotatable bonds is 5. The number of nitrogens with zero attached hydrogens (tertiary/aromatic N) is 3. The van der Waals surface area contributed by atoms with Gasteiger partial charge < -0.3 is 9.88 Å². The molecule has 0 spiro atoms. The van der Waals surface area contributed by atoms with E-state index in [-0.39, 0.29) is 0 Å². The standard InChI is InChI=1S/C13H18N4/c1-3-17-5-4-16-13(17)7-11-6-12(8-14-2)10-15-9-11/h4-6,9-10,14H,3,7-8H2,1-2H3. The van der Waals surface area contributed by atoms with Gasteiger partial charge in [0.25, 0.3) is 0 Å². The van der Waals surface area contributed by atoms with E-state index >= 15 is 0 Å². The van der Waals surface area contributed by atoms with Crippen LogP contribution in [0.5, 0.6) is 0 Å². The van der Waals surface area contributed by atoms with Crippen LogP contribution < -0.4 is 5.32 Å². The summed E-state index contributed by atoms with van der Waals surface area (Å²) < 4.78 is 2.16. The van der Waals surface area contributed by atoms with Crippen molar-refractivity contribution in [3.63, 3.8) is 0 Å². The summed E-state index contributed by atoms with van der Waals surface area (Å²) in [4.78, 5) is 8.64. The van der Waals surface area contributed by atoms with E-state index in [9.17, 15) is 0 Å². The molecule has 4 heteroatoms. The van der Waals surface area contributed by atoms with Gasteiger partial charge in [-0.1, -0.05) is 6.07 Å². The maximum absolute atomic E-state index is 4.38. The average Bonchev–Trinajstić information content (AvgIpc) is 2.77. The minimum Gasteiger partial charge on any atom is -0.335 e. The number of hydrogen-bond donors (Lipinski definition) is 1. The Morgan fingerprint density at radius 3 is 2.88 bits per heavy atom. The van der Waals surface area contributed by atoms with Crippen LogP contribution in [-0.2, 0) is 19.5 Å². The average molecular weight is 230 g/mol. The van der Waals surface area contributed by atoms with Crippen molar-refractivity contribution in [3.8, 4) is 0 Å². The Hall–Kier alpha value is -1.68. The first-order valence-corrected chi connectivity index (χ1v) is 5.91. The van der Waals surface area contributed by atoms with E-state index in [0.29, 0.717) is 0 Å². The number of aromatic nitrogens is 3. The lowest BCUT2D eigenvalue weighted by Crippen LogP contribution is -2.07. The second-order valence-corrected chi connectivity index (χ2v) is 4.04. The third-order valence-electron chi connectivity index (χ3n) is 2.74. The van der Waals surface area contributed by atoms with Crippen LogP contribution in [0.1, 0.15) is 23.9 Å². The predicted octanol–water partition coefficient (Wildman–Crippen LogP) is 1.61. The molecule has 0 fully saturated rings. The molecule has 1 N–H and O–H groups in total. The van der Waals surface area contributed by atoms with Gasteiger partial charge in [-0.25, -0.2) is 4.98 Å². The van der Waals surface area contributed by atoms with Crippen molar-refractivity contribution in [3.05, 3.63) is 47.8 Å². The lowest BCUT2D eigenvalue weighted by molar-refractivity contribution is 0.711. The molecule has 0 aliphatic carbocycles. The first-order valence-electron chi connectivity index (χ1n) is 5.91. The molecule has 2 aromatic rings.